The Bertz CT molecular complexity index is 1090. The van der Waals surface area contributed by atoms with Crippen molar-refractivity contribution in [3.63, 3.8) is 0 Å². The van der Waals surface area contributed by atoms with E-state index in [4.69, 9.17) is 14.2 Å². The number of carbonyl (C=O) groups excluding carboxylic acids is 2. The predicted molar refractivity (Wildman–Crippen MR) is 183 cm³/mol. The molecule has 2 rings (SSSR count). The van der Waals surface area contributed by atoms with E-state index in [1.165, 1.54) is 51.4 Å². The van der Waals surface area contributed by atoms with Crippen LogP contribution in [0.5, 0.6) is 11.5 Å². The van der Waals surface area contributed by atoms with Crippen molar-refractivity contribution in [1.82, 2.24) is 0 Å². The molecule has 44 heavy (non-hydrogen) atoms. The molecule has 0 bridgehead atoms. The van der Waals surface area contributed by atoms with Crippen molar-refractivity contribution in [3.05, 3.63) is 22.3 Å². The van der Waals surface area contributed by atoms with Crippen molar-refractivity contribution < 1.29 is 23.8 Å². The van der Waals surface area contributed by atoms with Crippen molar-refractivity contribution >= 4 is 11.9 Å². The molecule has 0 radical (unpaired) electrons. The van der Waals surface area contributed by atoms with Gasteiger partial charge in [0.1, 0.15) is 17.1 Å². The maximum atomic E-state index is 13.4. The van der Waals surface area contributed by atoms with Crippen molar-refractivity contribution in [2.75, 3.05) is 0 Å². The second kappa shape index (κ2) is 17.0. The fourth-order valence-corrected chi connectivity index (χ4v) is 6.59. The zero-order valence-corrected chi connectivity index (χ0v) is 30.5. The minimum atomic E-state index is -0.952. The first kappa shape index (κ1) is 38.1. The van der Waals surface area contributed by atoms with Crippen LogP contribution in [0.1, 0.15) is 162 Å². The van der Waals surface area contributed by atoms with Gasteiger partial charge < -0.3 is 14.2 Å². The van der Waals surface area contributed by atoms with Crippen LogP contribution in [0.4, 0.5) is 0 Å². The van der Waals surface area contributed by atoms with Gasteiger partial charge in [0, 0.05) is 5.56 Å². The van der Waals surface area contributed by atoms with E-state index in [0.29, 0.717) is 12.2 Å². The van der Waals surface area contributed by atoms with Crippen molar-refractivity contribution in [1.29, 1.82) is 0 Å². The van der Waals surface area contributed by atoms with Gasteiger partial charge in [-0.15, -0.1) is 0 Å². The summed E-state index contributed by atoms with van der Waals surface area (Å²) in [6.07, 6.45) is 13.7. The lowest BCUT2D eigenvalue weighted by molar-refractivity contribution is -0.158. The van der Waals surface area contributed by atoms with Crippen LogP contribution in [0.3, 0.4) is 0 Å². The molecule has 4 atom stereocenters. The van der Waals surface area contributed by atoms with Gasteiger partial charge in [0.05, 0.1) is 17.9 Å². The third-order valence-electron chi connectivity index (χ3n) is 10.2. The Balaban J connectivity index is 1.98. The fourth-order valence-electron chi connectivity index (χ4n) is 6.59. The van der Waals surface area contributed by atoms with Gasteiger partial charge in [0.2, 0.25) is 0 Å². The first-order chi connectivity index (χ1) is 20.5. The molecule has 1 aromatic carbocycles. The smallest absolute Gasteiger partial charge is 0.317 e. The third kappa shape index (κ3) is 11.1. The Hall–Kier alpha value is -2.04. The summed E-state index contributed by atoms with van der Waals surface area (Å²) in [5, 5.41) is 0. The molecule has 0 spiro atoms. The maximum Gasteiger partial charge on any atom is 0.317 e. The molecule has 5 heteroatoms. The number of hydrogen-bond acceptors (Lipinski definition) is 5. The summed E-state index contributed by atoms with van der Waals surface area (Å²) in [4.78, 5) is 25.9. The summed E-state index contributed by atoms with van der Waals surface area (Å²) >= 11 is 0. The van der Waals surface area contributed by atoms with Gasteiger partial charge in [0.25, 0.3) is 0 Å². The summed E-state index contributed by atoms with van der Waals surface area (Å²) in [5.74, 6) is 3.23. The van der Waals surface area contributed by atoms with E-state index in [9.17, 15) is 9.59 Å². The molecule has 0 fully saturated rings. The molecule has 0 saturated heterocycles. The predicted octanol–water partition coefficient (Wildman–Crippen LogP) is 10.8. The molecule has 1 aromatic rings. The highest BCUT2D eigenvalue weighted by molar-refractivity contribution is 5.85. The van der Waals surface area contributed by atoms with Gasteiger partial charge in [-0.25, -0.2) is 0 Å². The first-order valence-electron chi connectivity index (χ1n) is 17.7. The topological polar surface area (TPSA) is 61.8 Å². The maximum absolute atomic E-state index is 13.4. The number of carbonyl (C=O) groups is 2. The van der Waals surface area contributed by atoms with E-state index >= 15 is 0 Å². The van der Waals surface area contributed by atoms with E-state index in [1.807, 2.05) is 34.6 Å². The van der Waals surface area contributed by atoms with Gasteiger partial charge in [-0.3, -0.25) is 9.59 Å². The molecule has 1 aliphatic rings. The molecule has 0 saturated carbocycles. The second-order valence-electron chi connectivity index (χ2n) is 15.4. The molecule has 0 aromatic heterocycles. The number of rotatable bonds is 18. The minimum absolute atomic E-state index is 0.000177. The van der Waals surface area contributed by atoms with Gasteiger partial charge in [-0.05, 0) is 115 Å². The van der Waals surface area contributed by atoms with E-state index in [1.54, 1.807) is 6.92 Å². The van der Waals surface area contributed by atoms with Crippen LogP contribution in [-0.2, 0) is 20.7 Å². The Labute approximate surface area is 270 Å². The molecule has 0 amide bonds. The monoisotopic (exact) mass is 614 g/mol. The van der Waals surface area contributed by atoms with Gasteiger partial charge in [-0.2, -0.15) is 0 Å². The molecular formula is C39H66O5. The Morgan fingerprint density at radius 2 is 1.43 bits per heavy atom. The first-order valence-corrected chi connectivity index (χ1v) is 17.7. The van der Waals surface area contributed by atoms with Crippen LogP contribution < -0.4 is 9.47 Å². The largest absolute Gasteiger partial charge is 0.487 e. The average Bonchev–Trinajstić information content (AvgIpc) is 2.93. The molecule has 1 aliphatic heterocycles. The second-order valence-corrected chi connectivity index (χ2v) is 15.4. The average molecular weight is 615 g/mol. The highest BCUT2D eigenvalue weighted by atomic mass is 16.5. The van der Waals surface area contributed by atoms with E-state index < -0.39 is 5.41 Å². The molecule has 252 valence electrons. The lowest BCUT2D eigenvalue weighted by atomic mass is 9.83. The number of hydrogen-bond donors (Lipinski definition) is 0. The van der Waals surface area contributed by atoms with Crippen LogP contribution in [0.2, 0.25) is 0 Å². The summed E-state index contributed by atoms with van der Waals surface area (Å²) in [6, 6.07) is 0. The van der Waals surface area contributed by atoms with Crippen LogP contribution in [-0.4, -0.2) is 23.6 Å². The summed E-state index contributed by atoms with van der Waals surface area (Å²) in [5.41, 5.74) is 2.93. The van der Waals surface area contributed by atoms with Gasteiger partial charge in [-0.1, -0.05) is 79.6 Å². The highest BCUT2D eigenvalue weighted by Gasteiger charge is 2.39. The van der Waals surface area contributed by atoms with Crippen molar-refractivity contribution in [3.8, 4) is 11.5 Å². The standard InChI is InChI=1S/C39H66O5/c1-13-38(11,25-34(40)42-27(4)5)37(41)43-35-30(8)31(9)36-33(32(35)10)22-24-39(12,44-36)23-16-21-29(7)20-15-19-28(6)18-14-17-26(2)3/h26-29H,13-25H2,1-12H3/t28-,29-,38?,39-/m0/s1. The van der Waals surface area contributed by atoms with Gasteiger partial charge >= 0.3 is 11.9 Å². The zero-order valence-electron chi connectivity index (χ0n) is 30.5. The Morgan fingerprint density at radius 1 is 0.864 bits per heavy atom. The molecule has 0 N–H and O–H groups in total. The number of fused-ring (bicyclic) bond motifs is 1. The van der Waals surface area contributed by atoms with Crippen molar-refractivity contribution in [2.45, 2.75) is 178 Å². The van der Waals surface area contributed by atoms with E-state index in [-0.39, 0.29) is 30.1 Å². The minimum Gasteiger partial charge on any atom is -0.487 e. The van der Waals surface area contributed by atoms with Crippen LogP contribution in [0, 0.1) is 43.9 Å². The van der Waals surface area contributed by atoms with Crippen LogP contribution >= 0.6 is 0 Å². The summed E-state index contributed by atoms with van der Waals surface area (Å²) in [6.45, 7) is 25.2. The molecule has 0 aliphatic carbocycles. The van der Waals surface area contributed by atoms with Gasteiger partial charge in [0.15, 0.2) is 0 Å². The zero-order chi connectivity index (χ0) is 33.2. The molecule has 1 unspecified atom stereocenters. The number of ether oxygens (including phenoxy) is 3. The molecule has 1 heterocycles. The number of esters is 2. The SMILES string of the molecule is CCC(C)(CC(=O)OC(C)C)C(=O)Oc1c(C)c(C)c2c(c1C)CC[C@](C)(CCC[C@@H](C)CCC[C@@H](C)CCCC(C)C)O2. The molecular weight excluding hydrogens is 548 g/mol. The van der Waals surface area contributed by atoms with E-state index in [0.717, 1.165) is 65.0 Å². The summed E-state index contributed by atoms with van der Waals surface area (Å²) in [7, 11) is 0. The highest BCUT2D eigenvalue weighted by Crippen LogP contribution is 2.45. The lowest BCUT2D eigenvalue weighted by Crippen LogP contribution is -2.37. The van der Waals surface area contributed by atoms with Crippen LogP contribution in [0.25, 0.3) is 0 Å². The lowest BCUT2D eigenvalue weighted by Gasteiger charge is -2.38. The Morgan fingerprint density at radius 3 is 1.98 bits per heavy atom. The van der Waals surface area contributed by atoms with Crippen molar-refractivity contribution in [2.24, 2.45) is 23.2 Å². The Kier molecular flexibility index (Phi) is 14.8. The number of benzene rings is 1. The van der Waals surface area contributed by atoms with E-state index in [2.05, 4.69) is 41.5 Å². The fraction of sp³-hybridized carbons (Fsp3) is 0.795. The summed E-state index contributed by atoms with van der Waals surface area (Å²) < 4.78 is 18.2. The van der Waals surface area contributed by atoms with Crippen LogP contribution in [0.15, 0.2) is 0 Å². The molecule has 5 nitrogen and oxygen atoms in total. The third-order valence-corrected chi connectivity index (χ3v) is 10.2. The normalized spacial score (nSPS) is 19.2. The quantitative estimate of drug-likeness (QED) is 0.122.